The van der Waals surface area contributed by atoms with Gasteiger partial charge in [-0.1, -0.05) is 12.1 Å². The zero-order valence-corrected chi connectivity index (χ0v) is 15.9. The summed E-state index contributed by atoms with van der Waals surface area (Å²) < 4.78 is 1.85. The Balaban J connectivity index is 1.82. The van der Waals surface area contributed by atoms with Gasteiger partial charge in [0, 0.05) is 36.5 Å². The molecule has 0 N–H and O–H groups in total. The van der Waals surface area contributed by atoms with Gasteiger partial charge in [-0.05, 0) is 38.1 Å². The number of aryl methyl sites for hydroxylation is 3. The van der Waals surface area contributed by atoms with E-state index in [1.807, 2.05) is 51.7 Å². The standard InChI is InChI=1S/C18H23N7O/c1-11-16(13(3)24(5)20-11)12(2)23(4)18(26)15-9-7-14(8-10-15)17-19-22-25(6)21-17/h7-10,12H,1-6H3. The van der Waals surface area contributed by atoms with Crippen LogP contribution in [0.2, 0.25) is 0 Å². The second-order valence-electron chi connectivity index (χ2n) is 6.48. The average Bonchev–Trinajstić information content (AvgIpc) is 3.16. The smallest absolute Gasteiger partial charge is 0.254 e. The molecule has 1 amide bonds. The third-order valence-electron chi connectivity index (χ3n) is 4.78. The molecule has 3 rings (SSSR count). The lowest BCUT2D eigenvalue weighted by Crippen LogP contribution is -2.30. The van der Waals surface area contributed by atoms with E-state index in [0.717, 1.165) is 22.5 Å². The summed E-state index contributed by atoms with van der Waals surface area (Å²) in [5, 5.41) is 16.4. The molecule has 0 saturated carbocycles. The predicted octanol–water partition coefficient (Wildman–Crippen LogP) is 2.06. The van der Waals surface area contributed by atoms with E-state index in [9.17, 15) is 4.79 Å². The minimum atomic E-state index is -0.0717. The first kappa shape index (κ1) is 17.8. The highest BCUT2D eigenvalue weighted by molar-refractivity contribution is 5.94. The van der Waals surface area contributed by atoms with Gasteiger partial charge < -0.3 is 4.90 Å². The lowest BCUT2D eigenvalue weighted by atomic mass is 10.0. The van der Waals surface area contributed by atoms with Crippen molar-refractivity contribution in [2.24, 2.45) is 14.1 Å². The summed E-state index contributed by atoms with van der Waals surface area (Å²) in [6.07, 6.45) is 0. The SMILES string of the molecule is Cc1nn(C)c(C)c1C(C)N(C)C(=O)c1ccc(-c2nnn(C)n2)cc1. The zero-order valence-electron chi connectivity index (χ0n) is 15.9. The minimum absolute atomic E-state index is 0.0428. The van der Waals surface area contributed by atoms with Crippen LogP contribution in [0, 0.1) is 13.8 Å². The van der Waals surface area contributed by atoms with Crippen LogP contribution in [-0.2, 0) is 14.1 Å². The van der Waals surface area contributed by atoms with Crippen LogP contribution < -0.4 is 0 Å². The van der Waals surface area contributed by atoms with Gasteiger partial charge in [0.25, 0.3) is 5.91 Å². The number of amides is 1. The molecule has 0 bridgehead atoms. The molecular weight excluding hydrogens is 330 g/mol. The quantitative estimate of drug-likeness (QED) is 0.717. The highest BCUT2D eigenvalue weighted by atomic mass is 16.2. The van der Waals surface area contributed by atoms with Crippen molar-refractivity contribution >= 4 is 5.91 Å². The Kier molecular flexibility index (Phi) is 4.58. The van der Waals surface area contributed by atoms with Crippen molar-refractivity contribution in [1.82, 2.24) is 34.9 Å². The number of benzene rings is 1. The van der Waals surface area contributed by atoms with E-state index in [2.05, 4.69) is 20.5 Å². The monoisotopic (exact) mass is 353 g/mol. The van der Waals surface area contributed by atoms with Crippen LogP contribution in [0.15, 0.2) is 24.3 Å². The molecule has 8 heteroatoms. The Morgan fingerprint density at radius 1 is 1.12 bits per heavy atom. The van der Waals surface area contributed by atoms with Gasteiger partial charge in [0.15, 0.2) is 0 Å². The molecule has 26 heavy (non-hydrogen) atoms. The van der Waals surface area contributed by atoms with Gasteiger partial charge in [-0.15, -0.1) is 10.2 Å². The van der Waals surface area contributed by atoms with E-state index in [4.69, 9.17) is 0 Å². The Labute approximate surface area is 152 Å². The lowest BCUT2D eigenvalue weighted by Gasteiger charge is -2.25. The Morgan fingerprint density at radius 2 is 1.77 bits per heavy atom. The number of nitrogens with zero attached hydrogens (tertiary/aromatic N) is 7. The summed E-state index contributed by atoms with van der Waals surface area (Å²) in [6.45, 7) is 6.01. The number of hydrogen-bond donors (Lipinski definition) is 0. The Hall–Kier alpha value is -3.03. The maximum Gasteiger partial charge on any atom is 0.254 e. The maximum absolute atomic E-state index is 12.9. The van der Waals surface area contributed by atoms with Gasteiger partial charge in [0.2, 0.25) is 5.82 Å². The second-order valence-corrected chi connectivity index (χ2v) is 6.48. The van der Waals surface area contributed by atoms with Gasteiger partial charge in [-0.2, -0.15) is 9.90 Å². The fraction of sp³-hybridized carbons (Fsp3) is 0.389. The van der Waals surface area contributed by atoms with E-state index in [1.54, 1.807) is 24.1 Å². The van der Waals surface area contributed by atoms with Crippen LogP contribution in [0.5, 0.6) is 0 Å². The molecule has 0 spiro atoms. The van der Waals surface area contributed by atoms with Crippen LogP contribution in [-0.4, -0.2) is 47.8 Å². The maximum atomic E-state index is 12.9. The van der Waals surface area contributed by atoms with E-state index in [0.29, 0.717) is 11.4 Å². The summed E-state index contributed by atoms with van der Waals surface area (Å²) in [6, 6.07) is 7.19. The summed E-state index contributed by atoms with van der Waals surface area (Å²) in [4.78, 5) is 16.0. The molecule has 2 heterocycles. The molecule has 3 aromatic rings. The molecule has 8 nitrogen and oxygen atoms in total. The number of hydrogen-bond acceptors (Lipinski definition) is 5. The first-order valence-electron chi connectivity index (χ1n) is 8.41. The molecule has 0 fully saturated rings. The molecule has 0 aliphatic rings. The summed E-state index contributed by atoms with van der Waals surface area (Å²) in [5.74, 6) is 0.494. The molecule has 0 saturated heterocycles. The Morgan fingerprint density at radius 3 is 2.27 bits per heavy atom. The van der Waals surface area contributed by atoms with Crippen molar-refractivity contribution < 1.29 is 4.79 Å². The van der Waals surface area contributed by atoms with Crippen LogP contribution in [0.1, 0.15) is 40.3 Å². The van der Waals surface area contributed by atoms with Crippen molar-refractivity contribution in [2.45, 2.75) is 26.8 Å². The van der Waals surface area contributed by atoms with Gasteiger partial charge in [-0.25, -0.2) is 0 Å². The summed E-state index contributed by atoms with van der Waals surface area (Å²) in [7, 11) is 5.45. The Bertz CT molecular complexity index is 939. The number of rotatable bonds is 4. The number of carbonyl (C=O) groups is 1. The topological polar surface area (TPSA) is 81.7 Å². The van der Waals surface area contributed by atoms with Crippen molar-refractivity contribution in [3.63, 3.8) is 0 Å². The van der Waals surface area contributed by atoms with Gasteiger partial charge in [0.05, 0.1) is 18.8 Å². The van der Waals surface area contributed by atoms with E-state index in [1.165, 1.54) is 4.80 Å². The first-order chi connectivity index (χ1) is 12.3. The minimum Gasteiger partial charge on any atom is -0.335 e. The fourth-order valence-corrected chi connectivity index (χ4v) is 3.13. The van der Waals surface area contributed by atoms with Crippen molar-refractivity contribution in [3.05, 3.63) is 46.8 Å². The largest absolute Gasteiger partial charge is 0.335 e. The fourth-order valence-electron chi connectivity index (χ4n) is 3.13. The van der Waals surface area contributed by atoms with E-state index < -0.39 is 0 Å². The molecule has 1 unspecified atom stereocenters. The van der Waals surface area contributed by atoms with Crippen LogP contribution in [0.25, 0.3) is 11.4 Å². The van der Waals surface area contributed by atoms with E-state index >= 15 is 0 Å². The van der Waals surface area contributed by atoms with Crippen LogP contribution in [0.3, 0.4) is 0 Å². The van der Waals surface area contributed by atoms with Crippen molar-refractivity contribution in [1.29, 1.82) is 0 Å². The van der Waals surface area contributed by atoms with Crippen LogP contribution in [0.4, 0.5) is 0 Å². The van der Waals surface area contributed by atoms with Crippen molar-refractivity contribution in [2.75, 3.05) is 7.05 Å². The van der Waals surface area contributed by atoms with Gasteiger partial charge >= 0.3 is 0 Å². The third-order valence-corrected chi connectivity index (χ3v) is 4.78. The molecule has 2 aromatic heterocycles. The molecule has 0 radical (unpaired) electrons. The van der Waals surface area contributed by atoms with Gasteiger partial charge in [-0.3, -0.25) is 9.48 Å². The van der Waals surface area contributed by atoms with Crippen molar-refractivity contribution in [3.8, 4) is 11.4 Å². The number of tetrazole rings is 1. The molecule has 1 atom stereocenters. The lowest BCUT2D eigenvalue weighted by molar-refractivity contribution is 0.0742. The molecule has 0 aliphatic heterocycles. The normalized spacial score (nSPS) is 12.2. The number of aromatic nitrogens is 6. The molecule has 0 aliphatic carbocycles. The second kappa shape index (κ2) is 6.70. The predicted molar refractivity (Wildman–Crippen MR) is 97.4 cm³/mol. The molecule has 136 valence electrons. The summed E-state index contributed by atoms with van der Waals surface area (Å²) >= 11 is 0. The van der Waals surface area contributed by atoms with E-state index in [-0.39, 0.29) is 11.9 Å². The number of carbonyl (C=O) groups excluding carboxylic acids is 1. The summed E-state index contributed by atoms with van der Waals surface area (Å²) in [5.41, 5.74) is 4.54. The molecule has 1 aromatic carbocycles. The third kappa shape index (κ3) is 3.10. The van der Waals surface area contributed by atoms with Crippen LogP contribution >= 0.6 is 0 Å². The molecular formula is C18H23N7O. The zero-order chi connectivity index (χ0) is 19.0. The highest BCUT2D eigenvalue weighted by Gasteiger charge is 2.24. The first-order valence-corrected chi connectivity index (χ1v) is 8.41. The highest BCUT2D eigenvalue weighted by Crippen LogP contribution is 2.26. The average molecular weight is 353 g/mol. The van der Waals surface area contributed by atoms with Gasteiger partial charge in [0.1, 0.15) is 0 Å².